The Morgan fingerprint density at radius 1 is 1.07 bits per heavy atom. The molecule has 220 valence electrons. The minimum Gasteiger partial charge on any atom is -0.503 e. The molecule has 2 aliphatic heterocycles. The van der Waals surface area contributed by atoms with E-state index in [9.17, 15) is 24.3 Å². The number of fused-ring (bicyclic) bond motifs is 1. The molecular weight excluding hydrogens is 632 g/mol. The molecule has 3 aromatic rings. The summed E-state index contributed by atoms with van der Waals surface area (Å²) in [4.78, 5) is 60.9. The summed E-state index contributed by atoms with van der Waals surface area (Å²) in [5.41, 5.74) is 1.29. The van der Waals surface area contributed by atoms with Crippen LogP contribution >= 0.6 is 27.3 Å². The number of para-hydroxylation sites is 1. The number of methoxy groups -OCH3 is 1. The number of thiophene rings is 1. The van der Waals surface area contributed by atoms with Crippen LogP contribution in [0.1, 0.15) is 51.0 Å². The molecule has 0 aliphatic carbocycles. The molecule has 42 heavy (non-hydrogen) atoms. The van der Waals surface area contributed by atoms with Crippen LogP contribution in [0.15, 0.2) is 46.9 Å². The van der Waals surface area contributed by atoms with Crippen LogP contribution in [0.2, 0.25) is 0 Å². The third-order valence-corrected chi connectivity index (χ3v) is 8.86. The Hall–Kier alpha value is -3.94. The molecular formula is C29H27BrN2O9S. The van der Waals surface area contributed by atoms with Gasteiger partial charge in [-0.15, -0.1) is 11.3 Å². The monoisotopic (exact) mass is 658 g/mol. The van der Waals surface area contributed by atoms with Gasteiger partial charge in [0.15, 0.2) is 17.6 Å². The molecule has 3 unspecified atom stereocenters. The van der Waals surface area contributed by atoms with Crippen molar-refractivity contribution in [3.8, 4) is 11.5 Å². The lowest BCUT2D eigenvalue weighted by atomic mass is 9.90. The molecule has 2 aliphatic rings. The third kappa shape index (κ3) is 4.80. The van der Waals surface area contributed by atoms with Gasteiger partial charge >= 0.3 is 11.9 Å². The van der Waals surface area contributed by atoms with E-state index in [1.54, 1.807) is 50.2 Å². The summed E-state index contributed by atoms with van der Waals surface area (Å²) >= 11 is 4.17. The minimum absolute atomic E-state index is 0.0395. The molecule has 0 saturated carbocycles. The number of aromatic hydroxyl groups is 1. The summed E-state index contributed by atoms with van der Waals surface area (Å²) in [5.74, 6) is -3.79. The van der Waals surface area contributed by atoms with E-state index in [-0.39, 0.29) is 45.7 Å². The van der Waals surface area contributed by atoms with Gasteiger partial charge in [-0.05, 0) is 72.1 Å². The number of imide groups is 1. The van der Waals surface area contributed by atoms with Gasteiger partial charge in [-0.2, -0.15) is 0 Å². The number of amides is 2. The van der Waals surface area contributed by atoms with Crippen LogP contribution in [0.5, 0.6) is 11.5 Å². The van der Waals surface area contributed by atoms with Crippen LogP contribution in [0.3, 0.4) is 0 Å². The Balaban J connectivity index is 1.65. The first-order valence-corrected chi connectivity index (χ1v) is 14.7. The fourth-order valence-electron chi connectivity index (χ4n) is 5.17. The van der Waals surface area contributed by atoms with Crippen LogP contribution < -0.4 is 14.7 Å². The molecule has 2 amide bonds. The lowest BCUT2D eigenvalue weighted by molar-refractivity contribution is -0.126. The van der Waals surface area contributed by atoms with Gasteiger partial charge in [-0.25, -0.2) is 19.6 Å². The maximum atomic E-state index is 14.2. The van der Waals surface area contributed by atoms with Crippen molar-refractivity contribution in [1.82, 2.24) is 0 Å². The molecule has 1 aromatic heterocycles. The van der Waals surface area contributed by atoms with Gasteiger partial charge in [0.1, 0.15) is 15.8 Å². The molecule has 5 rings (SSSR count). The SMILES string of the molecule is CCOC(=O)c1sc(N2C(=O)C3ON(c4ccccc4)C(c4cc(Br)c(O)c(OCC)c4)C3C2=O)c(C(=O)OC)c1C. The maximum absolute atomic E-state index is 14.2. The number of ether oxygens (including phenoxy) is 3. The van der Waals surface area contributed by atoms with E-state index in [2.05, 4.69) is 15.9 Å². The molecule has 13 heteroatoms. The van der Waals surface area contributed by atoms with E-state index in [4.69, 9.17) is 19.0 Å². The highest BCUT2D eigenvalue weighted by Gasteiger charge is 2.61. The molecule has 2 saturated heterocycles. The number of hydrogen-bond donors (Lipinski definition) is 1. The quantitative estimate of drug-likeness (QED) is 0.262. The van der Waals surface area contributed by atoms with Crippen molar-refractivity contribution in [2.45, 2.75) is 32.9 Å². The van der Waals surface area contributed by atoms with Crippen LogP contribution in [0.4, 0.5) is 10.7 Å². The number of hydrogen-bond acceptors (Lipinski definition) is 11. The van der Waals surface area contributed by atoms with E-state index in [1.807, 2.05) is 6.07 Å². The standard InChI is InChI=1S/C29H27BrN2O9S/c1-5-39-18-13-15(12-17(30)22(18)33)21-20-23(41-32(21)16-10-8-7-9-11-16)26(35)31(25(20)34)27-19(28(36)38-4)14(3)24(42-27)29(37)40-6-2/h7-13,20-21,23,33H,5-6H2,1-4H3. The number of halogens is 1. The highest BCUT2D eigenvalue weighted by molar-refractivity contribution is 9.10. The second kappa shape index (κ2) is 11.7. The van der Waals surface area contributed by atoms with Crippen molar-refractivity contribution < 1.29 is 43.3 Å². The predicted octanol–water partition coefficient (Wildman–Crippen LogP) is 4.94. The topological polar surface area (TPSA) is 132 Å². The molecule has 11 nitrogen and oxygen atoms in total. The van der Waals surface area contributed by atoms with E-state index in [0.717, 1.165) is 16.2 Å². The normalized spacial score (nSPS) is 19.7. The molecule has 2 fully saturated rings. The first-order chi connectivity index (χ1) is 20.1. The smallest absolute Gasteiger partial charge is 0.348 e. The predicted molar refractivity (Wildman–Crippen MR) is 156 cm³/mol. The molecule has 0 spiro atoms. The van der Waals surface area contributed by atoms with E-state index in [0.29, 0.717) is 15.7 Å². The number of hydroxylamine groups is 1. The second-order valence-corrected chi connectivity index (χ2v) is 11.3. The number of rotatable bonds is 8. The lowest BCUT2D eigenvalue weighted by Gasteiger charge is -2.29. The van der Waals surface area contributed by atoms with E-state index < -0.39 is 41.8 Å². The molecule has 2 aromatic carbocycles. The summed E-state index contributed by atoms with van der Waals surface area (Å²) in [6.07, 6.45) is -1.25. The largest absolute Gasteiger partial charge is 0.503 e. The van der Waals surface area contributed by atoms with Crippen LogP contribution in [-0.2, 0) is 23.9 Å². The number of carbonyl (C=O) groups excluding carboxylic acids is 4. The molecule has 1 N–H and O–H groups in total. The average molecular weight is 660 g/mol. The van der Waals surface area contributed by atoms with Crippen molar-refractivity contribution in [1.29, 1.82) is 0 Å². The Kier molecular flexibility index (Phi) is 8.26. The first kappa shape index (κ1) is 29.5. The van der Waals surface area contributed by atoms with E-state index in [1.165, 1.54) is 19.1 Å². The van der Waals surface area contributed by atoms with Gasteiger partial charge < -0.3 is 19.3 Å². The van der Waals surface area contributed by atoms with Crippen molar-refractivity contribution in [3.63, 3.8) is 0 Å². The second-order valence-electron chi connectivity index (χ2n) is 9.40. The minimum atomic E-state index is -1.25. The van der Waals surface area contributed by atoms with E-state index >= 15 is 0 Å². The van der Waals surface area contributed by atoms with Gasteiger partial charge in [0, 0.05) is 0 Å². The Morgan fingerprint density at radius 3 is 2.43 bits per heavy atom. The average Bonchev–Trinajstić information content (AvgIpc) is 3.61. The third-order valence-electron chi connectivity index (χ3n) is 7.00. The molecule has 0 bridgehead atoms. The summed E-state index contributed by atoms with van der Waals surface area (Å²) in [6.45, 7) is 5.33. The van der Waals surface area contributed by atoms with Gasteiger partial charge in [0.2, 0.25) is 5.91 Å². The van der Waals surface area contributed by atoms with Crippen molar-refractivity contribution in [2.75, 3.05) is 30.3 Å². The van der Waals surface area contributed by atoms with Crippen LogP contribution in [0, 0.1) is 12.8 Å². The van der Waals surface area contributed by atoms with Crippen molar-refractivity contribution in [3.05, 3.63) is 68.5 Å². The number of benzene rings is 2. The van der Waals surface area contributed by atoms with Crippen LogP contribution in [0.25, 0.3) is 0 Å². The highest BCUT2D eigenvalue weighted by Crippen LogP contribution is 2.51. The highest BCUT2D eigenvalue weighted by atomic mass is 79.9. The number of nitrogens with zero attached hydrogens (tertiary/aromatic N) is 2. The number of esters is 2. The number of phenols is 1. The number of anilines is 2. The van der Waals surface area contributed by atoms with Crippen molar-refractivity contribution in [2.24, 2.45) is 5.92 Å². The Labute approximate surface area is 253 Å². The summed E-state index contributed by atoms with van der Waals surface area (Å²) in [5, 5.41) is 12.0. The zero-order chi connectivity index (χ0) is 30.3. The summed E-state index contributed by atoms with van der Waals surface area (Å²) in [6, 6.07) is 11.4. The molecule has 0 radical (unpaired) electrons. The summed E-state index contributed by atoms with van der Waals surface area (Å²) < 4.78 is 16.0. The van der Waals surface area contributed by atoms with Crippen LogP contribution in [-0.4, -0.2) is 55.3 Å². The Bertz CT molecular complexity index is 1570. The van der Waals surface area contributed by atoms with Gasteiger partial charge in [0.25, 0.3) is 5.91 Å². The zero-order valence-electron chi connectivity index (χ0n) is 23.1. The molecule has 3 heterocycles. The molecule has 3 atom stereocenters. The first-order valence-electron chi connectivity index (χ1n) is 13.1. The fraction of sp³-hybridized carbons (Fsp3) is 0.310. The Morgan fingerprint density at radius 2 is 1.79 bits per heavy atom. The fourth-order valence-corrected chi connectivity index (χ4v) is 6.83. The lowest BCUT2D eigenvalue weighted by Crippen LogP contribution is -2.37. The summed E-state index contributed by atoms with van der Waals surface area (Å²) in [7, 11) is 1.17. The van der Waals surface area contributed by atoms with Gasteiger partial charge in [-0.1, -0.05) is 18.2 Å². The number of phenolic OH excluding ortho intramolecular Hbond substituents is 1. The van der Waals surface area contributed by atoms with Gasteiger partial charge in [0.05, 0.1) is 42.1 Å². The zero-order valence-corrected chi connectivity index (χ0v) is 25.5. The van der Waals surface area contributed by atoms with Crippen molar-refractivity contribution >= 4 is 61.7 Å². The number of carbonyl (C=O) groups is 4. The van der Waals surface area contributed by atoms with Gasteiger partial charge in [-0.3, -0.25) is 14.4 Å². The maximum Gasteiger partial charge on any atom is 0.348 e.